The van der Waals surface area contributed by atoms with Gasteiger partial charge in [0, 0.05) is 11.3 Å². The van der Waals surface area contributed by atoms with Crippen molar-refractivity contribution in [2.75, 3.05) is 19.1 Å². The summed E-state index contributed by atoms with van der Waals surface area (Å²) in [5, 5.41) is 11.6. The van der Waals surface area contributed by atoms with Crippen LogP contribution >= 0.6 is 0 Å². The molecule has 0 aromatic heterocycles. The van der Waals surface area contributed by atoms with Gasteiger partial charge >= 0.3 is 0 Å². The van der Waals surface area contributed by atoms with E-state index in [0.717, 1.165) is 22.3 Å². The molecule has 1 fully saturated rings. The van der Waals surface area contributed by atoms with Crippen LogP contribution in [0.4, 0.5) is 5.69 Å². The maximum atomic E-state index is 13.6. The molecule has 1 unspecified atom stereocenters. The minimum Gasteiger partial charge on any atom is -0.507 e. The molecule has 0 radical (unpaired) electrons. The Labute approximate surface area is 205 Å². The number of amides is 1. The van der Waals surface area contributed by atoms with E-state index in [-0.39, 0.29) is 11.3 Å². The number of benzene rings is 3. The molecule has 1 aliphatic rings. The zero-order valence-corrected chi connectivity index (χ0v) is 20.8. The van der Waals surface area contributed by atoms with Gasteiger partial charge in [0.2, 0.25) is 0 Å². The van der Waals surface area contributed by atoms with Crippen LogP contribution in [0.15, 0.2) is 60.2 Å². The van der Waals surface area contributed by atoms with E-state index >= 15 is 0 Å². The lowest BCUT2D eigenvalue weighted by Gasteiger charge is -2.28. The first-order valence-corrected chi connectivity index (χ1v) is 11.4. The van der Waals surface area contributed by atoms with Gasteiger partial charge in [-0.15, -0.1) is 0 Å². The molecule has 1 atom stereocenters. The van der Waals surface area contributed by atoms with E-state index in [1.165, 1.54) is 19.1 Å². The Kier molecular flexibility index (Phi) is 6.39. The number of methoxy groups -OCH3 is 2. The van der Waals surface area contributed by atoms with E-state index in [1.54, 1.807) is 18.2 Å². The summed E-state index contributed by atoms with van der Waals surface area (Å²) >= 11 is 0. The Morgan fingerprint density at radius 2 is 1.60 bits per heavy atom. The number of hydrogen-bond donors (Lipinski definition) is 1. The number of carbonyl (C=O) groups is 2. The molecule has 6 nitrogen and oxygen atoms in total. The molecule has 4 rings (SSSR count). The zero-order chi connectivity index (χ0) is 25.4. The molecule has 1 N–H and O–H groups in total. The van der Waals surface area contributed by atoms with E-state index in [0.29, 0.717) is 28.3 Å². The second-order valence-corrected chi connectivity index (χ2v) is 8.79. The molecule has 180 valence electrons. The maximum absolute atomic E-state index is 13.6. The number of carbonyl (C=O) groups excluding carboxylic acids is 2. The number of aryl methyl sites for hydroxylation is 3. The highest BCUT2D eigenvalue weighted by Gasteiger charge is 2.48. The maximum Gasteiger partial charge on any atom is 0.300 e. The summed E-state index contributed by atoms with van der Waals surface area (Å²) in [5.74, 6) is -0.798. The number of nitrogens with zero attached hydrogens (tertiary/aromatic N) is 1. The summed E-state index contributed by atoms with van der Waals surface area (Å²) < 4.78 is 11.2. The lowest BCUT2D eigenvalue weighted by Crippen LogP contribution is -2.30. The molecule has 0 aliphatic carbocycles. The summed E-state index contributed by atoms with van der Waals surface area (Å²) in [6.45, 7) is 7.63. The van der Waals surface area contributed by atoms with Crippen LogP contribution in [0.5, 0.6) is 11.5 Å². The molecule has 1 aliphatic heterocycles. The van der Waals surface area contributed by atoms with Crippen LogP contribution in [-0.4, -0.2) is 31.0 Å². The van der Waals surface area contributed by atoms with E-state index in [1.807, 2.05) is 64.1 Å². The molecule has 0 bridgehead atoms. The normalized spacial score (nSPS) is 17.1. The first-order chi connectivity index (χ1) is 16.7. The first-order valence-electron chi connectivity index (χ1n) is 11.4. The fourth-order valence-corrected chi connectivity index (χ4v) is 4.81. The SMILES string of the molecule is COc1ccccc1C1/C(=C(\O)c2cc(C)cc(C)c2OC)C(=O)C(=O)N1c1cccc(C)c1C. The van der Waals surface area contributed by atoms with Crippen molar-refractivity contribution in [2.45, 2.75) is 33.7 Å². The van der Waals surface area contributed by atoms with Crippen molar-refractivity contribution in [3.63, 3.8) is 0 Å². The van der Waals surface area contributed by atoms with Gasteiger partial charge in [0.25, 0.3) is 11.7 Å². The Bertz CT molecular complexity index is 1370. The fourth-order valence-electron chi connectivity index (χ4n) is 4.81. The van der Waals surface area contributed by atoms with Gasteiger partial charge in [-0.25, -0.2) is 0 Å². The van der Waals surface area contributed by atoms with Gasteiger partial charge in [-0.3, -0.25) is 14.5 Å². The van der Waals surface area contributed by atoms with Crippen LogP contribution in [0, 0.1) is 27.7 Å². The molecule has 3 aromatic carbocycles. The van der Waals surface area contributed by atoms with Gasteiger partial charge in [0.1, 0.15) is 17.3 Å². The van der Waals surface area contributed by atoms with E-state index in [9.17, 15) is 14.7 Å². The first kappa shape index (κ1) is 24.1. The highest BCUT2D eigenvalue weighted by Crippen LogP contribution is 2.47. The van der Waals surface area contributed by atoms with Gasteiger partial charge in [0.15, 0.2) is 0 Å². The van der Waals surface area contributed by atoms with Crippen molar-refractivity contribution in [3.05, 3.63) is 93.6 Å². The van der Waals surface area contributed by atoms with Crippen LogP contribution in [0.2, 0.25) is 0 Å². The summed E-state index contributed by atoms with van der Waals surface area (Å²) in [4.78, 5) is 28.6. The predicted molar refractivity (Wildman–Crippen MR) is 136 cm³/mol. The summed E-state index contributed by atoms with van der Waals surface area (Å²) in [6, 6.07) is 15.6. The molecule has 3 aromatic rings. The monoisotopic (exact) mass is 471 g/mol. The third-order valence-corrected chi connectivity index (χ3v) is 6.59. The number of rotatable bonds is 5. The van der Waals surface area contributed by atoms with Crippen molar-refractivity contribution >= 4 is 23.1 Å². The fraction of sp³-hybridized carbons (Fsp3) is 0.241. The topological polar surface area (TPSA) is 76.1 Å². The molecule has 0 spiro atoms. The molecule has 1 amide bonds. The minimum absolute atomic E-state index is 0.0105. The van der Waals surface area contributed by atoms with Gasteiger partial charge in [-0.2, -0.15) is 0 Å². The van der Waals surface area contributed by atoms with Crippen LogP contribution in [0.3, 0.4) is 0 Å². The second-order valence-electron chi connectivity index (χ2n) is 8.79. The van der Waals surface area contributed by atoms with Gasteiger partial charge in [-0.1, -0.05) is 36.4 Å². The smallest absolute Gasteiger partial charge is 0.300 e. The third kappa shape index (κ3) is 3.95. The Balaban J connectivity index is 2.08. The van der Waals surface area contributed by atoms with Crippen molar-refractivity contribution in [1.82, 2.24) is 0 Å². The molecular weight excluding hydrogens is 442 g/mol. The number of ketones is 1. The zero-order valence-electron chi connectivity index (χ0n) is 20.8. The van der Waals surface area contributed by atoms with Crippen molar-refractivity contribution in [2.24, 2.45) is 0 Å². The van der Waals surface area contributed by atoms with E-state index in [4.69, 9.17) is 9.47 Å². The molecule has 6 heteroatoms. The Morgan fingerprint density at radius 1 is 0.886 bits per heavy atom. The van der Waals surface area contributed by atoms with E-state index in [2.05, 4.69) is 0 Å². The number of aliphatic hydroxyl groups is 1. The number of ether oxygens (including phenoxy) is 2. The van der Waals surface area contributed by atoms with Crippen molar-refractivity contribution < 1.29 is 24.2 Å². The van der Waals surface area contributed by atoms with Crippen LogP contribution in [0.1, 0.15) is 39.4 Å². The molecule has 1 saturated heterocycles. The molecule has 0 saturated carbocycles. The summed E-state index contributed by atoms with van der Waals surface area (Å²) in [6.07, 6.45) is 0. The minimum atomic E-state index is -0.892. The molecular formula is C29H29NO5. The van der Waals surface area contributed by atoms with Crippen molar-refractivity contribution in [1.29, 1.82) is 0 Å². The summed E-state index contributed by atoms with van der Waals surface area (Å²) in [5.41, 5.74) is 5.12. The van der Waals surface area contributed by atoms with Crippen LogP contribution in [-0.2, 0) is 9.59 Å². The quantitative estimate of drug-likeness (QED) is 0.299. The van der Waals surface area contributed by atoms with Gasteiger partial charge in [-0.05, 0) is 68.1 Å². The van der Waals surface area contributed by atoms with Crippen LogP contribution in [0.25, 0.3) is 5.76 Å². The predicted octanol–water partition coefficient (Wildman–Crippen LogP) is 5.56. The second kappa shape index (κ2) is 9.29. The number of anilines is 1. The van der Waals surface area contributed by atoms with Gasteiger partial charge < -0.3 is 14.6 Å². The highest BCUT2D eigenvalue weighted by molar-refractivity contribution is 6.52. The lowest BCUT2D eigenvalue weighted by molar-refractivity contribution is -0.132. The standard InChI is InChI=1S/C29H29NO5/c1-16-14-18(3)28(35-6)21(15-16)26(31)24-25(20-11-7-8-13-23(20)34-5)30(29(33)27(24)32)22-12-9-10-17(2)19(22)4/h7-15,25,31H,1-6H3/b26-24+. The lowest BCUT2D eigenvalue weighted by atomic mass is 9.92. The largest absolute Gasteiger partial charge is 0.507 e. The van der Waals surface area contributed by atoms with E-state index < -0.39 is 17.7 Å². The molecule has 35 heavy (non-hydrogen) atoms. The number of Topliss-reactive ketones (excluding diaryl/α,β-unsaturated/α-hetero) is 1. The Morgan fingerprint density at radius 3 is 2.29 bits per heavy atom. The third-order valence-electron chi connectivity index (χ3n) is 6.59. The van der Waals surface area contributed by atoms with Gasteiger partial charge in [0.05, 0.1) is 31.4 Å². The number of hydrogen-bond acceptors (Lipinski definition) is 5. The van der Waals surface area contributed by atoms with Crippen molar-refractivity contribution in [3.8, 4) is 11.5 Å². The average molecular weight is 472 g/mol. The number of para-hydroxylation sites is 1. The van der Waals surface area contributed by atoms with Crippen LogP contribution < -0.4 is 14.4 Å². The summed E-state index contributed by atoms with van der Waals surface area (Å²) in [7, 11) is 3.05. The average Bonchev–Trinajstić information content (AvgIpc) is 3.10. The highest BCUT2D eigenvalue weighted by atomic mass is 16.5. The molecule has 1 heterocycles. The number of aliphatic hydroxyl groups excluding tert-OH is 1. The Hall–Kier alpha value is -4.06.